The van der Waals surface area contributed by atoms with Gasteiger partial charge < -0.3 is 19.0 Å². The van der Waals surface area contributed by atoms with Crippen molar-refractivity contribution in [3.05, 3.63) is 241 Å². The second-order valence-electron chi connectivity index (χ2n) is 15.2. The maximum Gasteiger partial charge on any atom is 0.159 e. The van der Waals surface area contributed by atoms with Gasteiger partial charge in [0.25, 0.3) is 0 Å². The van der Waals surface area contributed by atoms with Crippen molar-refractivity contribution in [1.29, 1.82) is 0 Å². The average molecular weight is 757 g/mol. The quantitative estimate of drug-likeness (QED) is 0.169. The Morgan fingerprint density at radius 2 is 0.864 bits per heavy atom. The third kappa shape index (κ3) is 4.96. The smallest absolute Gasteiger partial charge is 0.159 e. The minimum atomic E-state index is -0.594. The maximum absolute atomic E-state index is 6.85. The van der Waals surface area contributed by atoms with E-state index in [1.165, 1.54) is 22.3 Å². The van der Waals surface area contributed by atoms with E-state index in [1.54, 1.807) is 0 Å². The number of furan rings is 1. The number of para-hydroxylation sites is 5. The van der Waals surface area contributed by atoms with Gasteiger partial charge in [-0.15, -0.1) is 0 Å². The first-order valence-corrected chi connectivity index (χ1v) is 20.1. The van der Waals surface area contributed by atoms with E-state index in [9.17, 15) is 0 Å². The van der Waals surface area contributed by atoms with Crippen molar-refractivity contribution in [2.24, 2.45) is 0 Å². The summed E-state index contributed by atoms with van der Waals surface area (Å²) < 4.78 is 13.7. The molecule has 59 heavy (non-hydrogen) atoms. The molecule has 1 aliphatic carbocycles. The van der Waals surface area contributed by atoms with E-state index < -0.39 is 5.41 Å². The molecule has 0 fully saturated rings. The predicted octanol–water partition coefficient (Wildman–Crippen LogP) is 15.0. The lowest BCUT2D eigenvalue weighted by atomic mass is 9.66. The van der Waals surface area contributed by atoms with E-state index in [0.29, 0.717) is 0 Å². The van der Waals surface area contributed by atoms with Gasteiger partial charge in [-0.05, 0) is 101 Å². The molecular formula is C55H36N2O2. The van der Waals surface area contributed by atoms with E-state index in [1.807, 2.05) is 6.07 Å². The number of ether oxygens (including phenoxy) is 1. The lowest BCUT2D eigenvalue weighted by molar-refractivity contribution is 0.436. The number of nitrogens with zero attached hydrogens (tertiary/aromatic N) is 2. The van der Waals surface area contributed by atoms with Gasteiger partial charge in [-0.2, -0.15) is 0 Å². The van der Waals surface area contributed by atoms with Crippen molar-refractivity contribution in [1.82, 2.24) is 0 Å². The van der Waals surface area contributed by atoms with Crippen LogP contribution >= 0.6 is 0 Å². The van der Waals surface area contributed by atoms with Gasteiger partial charge in [0.15, 0.2) is 5.58 Å². The van der Waals surface area contributed by atoms with Crippen molar-refractivity contribution in [2.75, 3.05) is 9.80 Å². The number of hydrogen-bond donors (Lipinski definition) is 0. The first kappa shape index (κ1) is 33.3. The number of hydrogen-bond acceptors (Lipinski definition) is 4. The van der Waals surface area contributed by atoms with Crippen LogP contribution in [0, 0.1) is 0 Å². The third-order valence-electron chi connectivity index (χ3n) is 12.1. The molecule has 0 saturated heterocycles. The molecule has 12 rings (SSSR count). The Kier molecular flexibility index (Phi) is 7.41. The Hall–Kier alpha value is -7.82. The van der Waals surface area contributed by atoms with E-state index in [2.05, 4.69) is 222 Å². The molecule has 0 N–H and O–H groups in total. The molecule has 1 aliphatic heterocycles. The highest BCUT2D eigenvalue weighted by Crippen LogP contribution is 2.62. The molecule has 0 amide bonds. The molecular weight excluding hydrogens is 721 g/mol. The number of fused-ring (bicyclic) bond motifs is 12. The molecule has 1 spiro atoms. The fraction of sp³-hybridized carbons (Fsp3) is 0.0182. The number of anilines is 6. The fourth-order valence-corrected chi connectivity index (χ4v) is 9.68. The fourth-order valence-electron chi connectivity index (χ4n) is 9.68. The molecule has 0 bridgehead atoms. The number of benzene rings is 9. The molecule has 10 aromatic rings. The largest absolute Gasteiger partial charge is 0.457 e. The maximum atomic E-state index is 6.85. The highest BCUT2D eigenvalue weighted by molar-refractivity contribution is 6.12. The molecule has 0 radical (unpaired) electrons. The molecule has 9 aromatic carbocycles. The summed E-state index contributed by atoms with van der Waals surface area (Å²) in [7, 11) is 0. The summed E-state index contributed by atoms with van der Waals surface area (Å²) in [6, 6.07) is 77.7. The normalized spacial score (nSPS) is 13.0. The third-order valence-corrected chi connectivity index (χ3v) is 12.1. The second-order valence-corrected chi connectivity index (χ2v) is 15.2. The molecule has 0 atom stereocenters. The summed E-state index contributed by atoms with van der Waals surface area (Å²) in [5, 5.41) is 2.10. The predicted molar refractivity (Wildman–Crippen MR) is 240 cm³/mol. The zero-order valence-electron chi connectivity index (χ0n) is 32.0. The van der Waals surface area contributed by atoms with Gasteiger partial charge >= 0.3 is 0 Å². The summed E-state index contributed by atoms with van der Waals surface area (Å²) in [6.07, 6.45) is 0. The molecule has 1 aromatic heterocycles. The Morgan fingerprint density at radius 3 is 1.53 bits per heavy atom. The monoisotopic (exact) mass is 756 g/mol. The Balaban J connectivity index is 1.15. The highest BCUT2D eigenvalue weighted by atomic mass is 16.5. The molecule has 278 valence electrons. The van der Waals surface area contributed by atoms with Crippen LogP contribution in [0.15, 0.2) is 223 Å². The Bertz CT molecular complexity index is 3120. The van der Waals surface area contributed by atoms with Crippen LogP contribution in [0.3, 0.4) is 0 Å². The average Bonchev–Trinajstić information content (AvgIpc) is 3.82. The summed E-state index contributed by atoms with van der Waals surface area (Å²) in [5.41, 5.74) is 14.4. The standard InChI is InChI=1S/C55H36N2O2/c1-4-18-37(19-5-1)56(41-34-45-44-26-12-16-30-51(44)59-54(45)50(36-41)57(38-20-6-2-7-21-38)39-22-8-3-9-23-39)40-32-33-53-49(35-40)55(48-29-15-17-31-52(48)58-53)46-27-13-10-24-42(46)43-25-11-14-28-47(43)55/h1-36H. The van der Waals surface area contributed by atoms with E-state index >= 15 is 0 Å². The zero-order chi connectivity index (χ0) is 38.9. The Labute approximate surface area is 342 Å². The van der Waals surface area contributed by atoms with Crippen LogP contribution < -0.4 is 14.5 Å². The van der Waals surface area contributed by atoms with Crippen molar-refractivity contribution in [3.8, 4) is 22.6 Å². The molecule has 0 unspecified atom stereocenters. The zero-order valence-corrected chi connectivity index (χ0v) is 32.0. The summed E-state index contributed by atoms with van der Waals surface area (Å²) in [5.74, 6) is 1.73. The van der Waals surface area contributed by atoms with Crippen molar-refractivity contribution < 1.29 is 9.15 Å². The highest BCUT2D eigenvalue weighted by Gasteiger charge is 2.51. The molecule has 2 aliphatic rings. The topological polar surface area (TPSA) is 28.9 Å². The summed E-state index contributed by atoms with van der Waals surface area (Å²) >= 11 is 0. The lowest BCUT2D eigenvalue weighted by Crippen LogP contribution is -2.32. The van der Waals surface area contributed by atoms with Gasteiger partial charge in [0.2, 0.25) is 0 Å². The van der Waals surface area contributed by atoms with Crippen LogP contribution in [-0.2, 0) is 5.41 Å². The molecule has 4 nitrogen and oxygen atoms in total. The summed E-state index contributed by atoms with van der Waals surface area (Å²) in [6.45, 7) is 0. The van der Waals surface area contributed by atoms with Crippen molar-refractivity contribution in [3.63, 3.8) is 0 Å². The first-order valence-electron chi connectivity index (χ1n) is 20.1. The molecule has 4 heteroatoms. The van der Waals surface area contributed by atoms with Crippen LogP contribution in [0.2, 0.25) is 0 Å². The van der Waals surface area contributed by atoms with E-state index in [0.717, 1.165) is 78.7 Å². The van der Waals surface area contributed by atoms with Gasteiger partial charge in [-0.25, -0.2) is 0 Å². The van der Waals surface area contributed by atoms with Crippen LogP contribution in [0.1, 0.15) is 22.3 Å². The van der Waals surface area contributed by atoms with Crippen LogP contribution in [0.25, 0.3) is 33.1 Å². The first-order chi connectivity index (χ1) is 29.3. The van der Waals surface area contributed by atoms with Crippen LogP contribution in [-0.4, -0.2) is 0 Å². The second kappa shape index (κ2) is 13.1. The van der Waals surface area contributed by atoms with Gasteiger partial charge in [0.05, 0.1) is 11.1 Å². The van der Waals surface area contributed by atoms with E-state index in [-0.39, 0.29) is 0 Å². The summed E-state index contributed by atoms with van der Waals surface area (Å²) in [4.78, 5) is 4.68. The van der Waals surface area contributed by atoms with Crippen LogP contribution in [0.5, 0.6) is 11.5 Å². The van der Waals surface area contributed by atoms with Crippen LogP contribution in [0.4, 0.5) is 34.1 Å². The van der Waals surface area contributed by atoms with Crippen molar-refractivity contribution in [2.45, 2.75) is 5.41 Å². The number of rotatable bonds is 6. The van der Waals surface area contributed by atoms with Gasteiger partial charge in [-0.1, -0.05) is 140 Å². The molecule has 2 heterocycles. The molecule has 0 saturated carbocycles. The van der Waals surface area contributed by atoms with Crippen molar-refractivity contribution >= 4 is 56.1 Å². The van der Waals surface area contributed by atoms with E-state index in [4.69, 9.17) is 9.15 Å². The SMILES string of the molecule is c1ccc(N(c2ccc3c(c2)C2(c4ccccc4O3)c3ccccc3-c3ccccc32)c2cc(N(c3ccccc3)c3ccccc3)c3oc4ccccc4c3c2)cc1. The lowest BCUT2D eigenvalue weighted by Gasteiger charge is -2.40. The van der Waals surface area contributed by atoms with Gasteiger partial charge in [0, 0.05) is 50.3 Å². The van der Waals surface area contributed by atoms with Gasteiger partial charge in [-0.3, -0.25) is 0 Å². The van der Waals surface area contributed by atoms with Gasteiger partial charge in [0.1, 0.15) is 17.1 Å². The minimum absolute atomic E-state index is 0.594. The minimum Gasteiger partial charge on any atom is -0.457 e. The Morgan fingerprint density at radius 1 is 0.339 bits per heavy atom.